The molecule has 14 nitrogen and oxygen atoms in total. The summed E-state index contributed by atoms with van der Waals surface area (Å²) in [5, 5.41) is 2.69. The molecule has 0 aliphatic carbocycles. The maximum absolute atomic E-state index is 14.2. The first-order valence-corrected chi connectivity index (χ1v) is 22.6. The number of alkyl halides is 3. The summed E-state index contributed by atoms with van der Waals surface area (Å²) in [6.07, 6.45) is -0.185. The van der Waals surface area contributed by atoms with Gasteiger partial charge in [-0.2, -0.15) is 13.2 Å². The number of urea groups is 1. The number of anilines is 2. The summed E-state index contributed by atoms with van der Waals surface area (Å²) in [4.78, 5) is 65.5. The molecule has 5 heterocycles. The number of hydrogen-bond acceptors (Lipinski definition) is 10. The molecule has 4 saturated heterocycles. The van der Waals surface area contributed by atoms with E-state index in [1.807, 2.05) is 24.3 Å². The third-order valence-corrected chi connectivity index (χ3v) is 13.5. The predicted octanol–water partition coefficient (Wildman–Crippen LogP) is 5.57. The van der Waals surface area contributed by atoms with Crippen LogP contribution in [-0.4, -0.2) is 163 Å². The van der Waals surface area contributed by atoms with Gasteiger partial charge in [-0.25, -0.2) is 9.59 Å². The van der Waals surface area contributed by atoms with Gasteiger partial charge in [0.15, 0.2) is 6.10 Å². The molecule has 1 atom stereocenters. The lowest BCUT2D eigenvalue weighted by Crippen LogP contribution is -2.55. The number of fused-ring (bicyclic) bond motifs is 1. The molecule has 5 aliphatic rings. The highest BCUT2D eigenvalue weighted by Crippen LogP contribution is 2.38. The smallest absolute Gasteiger partial charge is 0.418 e. The number of esters is 1. The van der Waals surface area contributed by atoms with Crippen LogP contribution < -0.4 is 11.1 Å². The van der Waals surface area contributed by atoms with Crippen LogP contribution in [0.5, 0.6) is 0 Å². The quantitative estimate of drug-likeness (QED) is 0.205. The molecule has 62 heavy (non-hydrogen) atoms. The number of nitrogens with two attached hydrogens (primary N) is 1. The molecule has 2 aromatic rings. The zero-order valence-electron chi connectivity index (χ0n) is 35.4. The van der Waals surface area contributed by atoms with E-state index in [-0.39, 0.29) is 54.2 Å². The molecule has 340 valence electrons. The van der Waals surface area contributed by atoms with Gasteiger partial charge in [0.2, 0.25) is 0 Å². The standard InChI is InChI=1S/C44H60ClF3N8O6/c45-36-29-31(28-35(40(36)49)44(46,47)48)30-38(62-43(60)55-19-11-34(12-20-55)56-21-8-32-6-2-3-7-37(32)50-42(56)59)41(58)54-17-9-33(10-18-54)53-24-22-52(23-25-53)16-13-39(57)61-27-26-51-14-4-1-5-15-51/h2-3,6-7,28-29,33-34,38H,1,4-5,8-27,30,49H2,(H,50,59)/t38-/m1/s1. The third-order valence-electron chi connectivity index (χ3n) is 13.2. The fourth-order valence-electron chi connectivity index (χ4n) is 9.51. The van der Waals surface area contributed by atoms with Gasteiger partial charge in [-0.3, -0.25) is 19.4 Å². The Labute approximate surface area is 366 Å². The average molecular weight is 889 g/mol. The van der Waals surface area contributed by atoms with Gasteiger partial charge in [0, 0.05) is 96.2 Å². The minimum Gasteiger partial charge on any atom is -0.464 e. The van der Waals surface area contributed by atoms with E-state index in [4.69, 9.17) is 26.8 Å². The van der Waals surface area contributed by atoms with Crippen molar-refractivity contribution in [2.75, 3.05) is 103 Å². The number of likely N-dealkylation sites (tertiary alicyclic amines) is 3. The average Bonchev–Trinajstić information content (AvgIpc) is 3.44. The van der Waals surface area contributed by atoms with Crippen LogP contribution in [0.25, 0.3) is 0 Å². The summed E-state index contributed by atoms with van der Waals surface area (Å²) in [7, 11) is 0. The summed E-state index contributed by atoms with van der Waals surface area (Å²) in [6.45, 7) is 9.17. The molecular formula is C44H60ClF3N8O6. The highest BCUT2D eigenvalue weighted by Gasteiger charge is 2.38. The molecule has 0 bridgehead atoms. The Hall–Kier alpha value is -4.32. The van der Waals surface area contributed by atoms with Gasteiger partial charge >= 0.3 is 24.3 Å². The van der Waals surface area contributed by atoms with Crippen LogP contribution in [0.2, 0.25) is 5.02 Å². The monoisotopic (exact) mass is 888 g/mol. The van der Waals surface area contributed by atoms with Gasteiger partial charge in [0.25, 0.3) is 5.91 Å². The number of nitrogen functional groups attached to an aromatic ring is 1. The van der Waals surface area contributed by atoms with Crippen molar-refractivity contribution >= 4 is 47.0 Å². The molecule has 4 amide bonds. The number of hydrogen-bond donors (Lipinski definition) is 2. The summed E-state index contributed by atoms with van der Waals surface area (Å²) < 4.78 is 53.3. The second-order valence-electron chi connectivity index (χ2n) is 17.2. The fourth-order valence-corrected chi connectivity index (χ4v) is 9.76. The molecule has 0 radical (unpaired) electrons. The fraction of sp³-hybridized carbons (Fsp3) is 0.636. The Bertz CT molecular complexity index is 1880. The first-order chi connectivity index (χ1) is 29.8. The largest absolute Gasteiger partial charge is 0.464 e. The Kier molecular flexibility index (Phi) is 15.4. The summed E-state index contributed by atoms with van der Waals surface area (Å²) in [5.74, 6) is -0.650. The molecule has 7 rings (SSSR count). The zero-order valence-corrected chi connectivity index (χ0v) is 36.1. The normalized spacial score (nSPS) is 20.9. The number of para-hydroxylation sites is 1. The van der Waals surface area contributed by atoms with Crippen LogP contribution in [0, 0.1) is 0 Å². The SMILES string of the molecule is Nc1c(Cl)cc(C[C@@H](OC(=O)N2CCC(N3CCc4ccccc4NC3=O)CC2)C(=O)N2CCC(N3CCN(CCC(=O)OCCN4CCCCC4)CC3)CC2)cc1C(F)(F)F. The summed E-state index contributed by atoms with van der Waals surface area (Å²) in [5.41, 5.74) is 5.87. The van der Waals surface area contributed by atoms with Crippen molar-refractivity contribution in [2.45, 2.75) is 88.6 Å². The summed E-state index contributed by atoms with van der Waals surface area (Å²) in [6, 6.07) is 9.74. The van der Waals surface area contributed by atoms with Gasteiger partial charge in [0.05, 0.1) is 22.7 Å². The van der Waals surface area contributed by atoms with E-state index in [9.17, 15) is 32.3 Å². The van der Waals surface area contributed by atoms with Crippen LogP contribution in [0.4, 0.5) is 34.1 Å². The number of halogens is 4. The molecule has 5 aliphatic heterocycles. The molecule has 0 spiro atoms. The van der Waals surface area contributed by atoms with Crippen molar-refractivity contribution in [1.29, 1.82) is 0 Å². The second-order valence-corrected chi connectivity index (χ2v) is 17.6. The molecule has 4 fully saturated rings. The Morgan fingerprint density at radius 1 is 0.823 bits per heavy atom. The van der Waals surface area contributed by atoms with Gasteiger partial charge in [-0.05, 0) is 87.4 Å². The van der Waals surface area contributed by atoms with E-state index >= 15 is 0 Å². The number of nitrogens with one attached hydrogen (secondary N) is 1. The zero-order chi connectivity index (χ0) is 43.8. The lowest BCUT2D eigenvalue weighted by Gasteiger charge is -2.43. The van der Waals surface area contributed by atoms with Crippen LogP contribution >= 0.6 is 11.6 Å². The van der Waals surface area contributed by atoms with Crippen LogP contribution in [0.1, 0.15) is 68.1 Å². The second kappa shape index (κ2) is 20.9. The van der Waals surface area contributed by atoms with Crippen LogP contribution in [0.3, 0.4) is 0 Å². The first-order valence-electron chi connectivity index (χ1n) is 22.2. The number of nitrogens with zero attached hydrogens (tertiary/aromatic N) is 6. The van der Waals surface area contributed by atoms with E-state index in [0.717, 1.165) is 63.1 Å². The van der Waals surface area contributed by atoms with Gasteiger partial charge in [-0.1, -0.05) is 36.2 Å². The highest BCUT2D eigenvalue weighted by molar-refractivity contribution is 6.33. The highest BCUT2D eigenvalue weighted by atomic mass is 35.5. The van der Waals surface area contributed by atoms with E-state index in [1.165, 1.54) is 30.2 Å². The number of carbonyl (C=O) groups is 4. The van der Waals surface area contributed by atoms with Crippen molar-refractivity contribution in [3.8, 4) is 0 Å². The third kappa shape index (κ3) is 11.8. The Balaban J connectivity index is 0.911. The lowest BCUT2D eigenvalue weighted by molar-refractivity contribution is -0.145. The number of piperazine rings is 1. The minimum atomic E-state index is -4.79. The van der Waals surface area contributed by atoms with Crippen molar-refractivity contribution in [2.24, 2.45) is 0 Å². The number of carbonyl (C=O) groups excluding carboxylic acids is 4. The van der Waals surface area contributed by atoms with Gasteiger partial charge in [0.1, 0.15) is 6.61 Å². The first kappa shape index (κ1) is 45.7. The van der Waals surface area contributed by atoms with E-state index in [0.29, 0.717) is 71.3 Å². The number of amides is 4. The maximum Gasteiger partial charge on any atom is 0.418 e. The van der Waals surface area contributed by atoms with Crippen LogP contribution in [0.15, 0.2) is 36.4 Å². The number of rotatable bonds is 12. The van der Waals surface area contributed by atoms with Gasteiger partial charge < -0.3 is 40.1 Å². The maximum atomic E-state index is 14.2. The van der Waals surface area contributed by atoms with E-state index < -0.39 is 35.5 Å². The minimum absolute atomic E-state index is 0.0630. The van der Waals surface area contributed by atoms with Crippen molar-refractivity contribution in [3.05, 3.63) is 58.1 Å². The Morgan fingerprint density at radius 3 is 2.19 bits per heavy atom. The topological polar surface area (TPSA) is 144 Å². The van der Waals surface area contributed by atoms with Crippen molar-refractivity contribution < 1.29 is 41.8 Å². The van der Waals surface area contributed by atoms with Crippen LogP contribution in [-0.2, 0) is 38.1 Å². The van der Waals surface area contributed by atoms with E-state index in [2.05, 4.69) is 20.0 Å². The summed E-state index contributed by atoms with van der Waals surface area (Å²) >= 11 is 6.16. The molecule has 18 heteroatoms. The van der Waals surface area contributed by atoms with E-state index in [1.54, 1.807) is 9.80 Å². The number of benzene rings is 2. The van der Waals surface area contributed by atoms with Crippen molar-refractivity contribution in [1.82, 2.24) is 29.4 Å². The predicted molar refractivity (Wildman–Crippen MR) is 229 cm³/mol. The molecule has 0 aromatic heterocycles. The number of piperidine rings is 3. The molecule has 3 N–H and O–H groups in total. The van der Waals surface area contributed by atoms with Crippen molar-refractivity contribution in [3.63, 3.8) is 0 Å². The number of ether oxygens (including phenoxy) is 2. The molecule has 0 unspecified atom stereocenters. The van der Waals surface area contributed by atoms with Gasteiger partial charge in [-0.15, -0.1) is 0 Å². The molecular weight excluding hydrogens is 829 g/mol. The Morgan fingerprint density at radius 2 is 1.48 bits per heavy atom. The molecule has 0 saturated carbocycles. The lowest BCUT2D eigenvalue weighted by atomic mass is 9.99. The molecule has 2 aromatic carbocycles.